The van der Waals surface area contributed by atoms with E-state index in [1.165, 1.54) is 6.42 Å². The molecule has 16 heavy (non-hydrogen) atoms. The molecule has 1 aromatic heterocycles. The number of hydrogen-bond donors (Lipinski definition) is 1. The van der Waals surface area contributed by atoms with Gasteiger partial charge in [-0.25, -0.2) is 9.97 Å². The first kappa shape index (κ1) is 12.9. The van der Waals surface area contributed by atoms with Crippen molar-refractivity contribution in [3.63, 3.8) is 0 Å². The van der Waals surface area contributed by atoms with Gasteiger partial charge in [0.1, 0.15) is 11.6 Å². The molecule has 2 N–H and O–H groups in total. The van der Waals surface area contributed by atoms with Crippen LogP contribution in [0.4, 0.5) is 5.82 Å². The first-order valence-electron chi connectivity index (χ1n) is 5.79. The highest BCUT2D eigenvalue weighted by Gasteiger charge is 2.07. The molecule has 0 saturated carbocycles. The van der Waals surface area contributed by atoms with Crippen molar-refractivity contribution in [3.05, 3.63) is 17.6 Å². The number of nitrogens with two attached hydrogens (primary N) is 1. The summed E-state index contributed by atoms with van der Waals surface area (Å²) in [5.74, 6) is 2.06. The van der Waals surface area contributed by atoms with E-state index in [-0.39, 0.29) is 0 Å². The van der Waals surface area contributed by atoms with E-state index in [0.717, 1.165) is 24.6 Å². The lowest BCUT2D eigenvalue weighted by Crippen LogP contribution is -2.25. The zero-order valence-electron chi connectivity index (χ0n) is 10.7. The first-order valence-corrected chi connectivity index (χ1v) is 5.79. The van der Waals surface area contributed by atoms with Crippen LogP contribution in [0.15, 0.2) is 6.07 Å². The zero-order chi connectivity index (χ0) is 12.1. The summed E-state index contributed by atoms with van der Waals surface area (Å²) in [5.41, 5.74) is 6.62. The number of anilines is 1. The molecule has 0 spiro atoms. The lowest BCUT2D eigenvalue weighted by molar-refractivity contribution is 0.269. The number of hydrogen-bond acceptors (Lipinski definition) is 4. The van der Waals surface area contributed by atoms with Crippen molar-refractivity contribution < 1.29 is 0 Å². The van der Waals surface area contributed by atoms with Crippen LogP contribution < -0.4 is 5.73 Å². The summed E-state index contributed by atoms with van der Waals surface area (Å²) in [7, 11) is 2.09. The average molecular weight is 222 g/mol. The Kier molecular flexibility index (Phi) is 4.68. The SMILES string of the molecule is CCC(C)CN(C)Cc1nc(C)cc(N)n1. The molecule has 4 heteroatoms. The van der Waals surface area contributed by atoms with Gasteiger partial charge in [-0.3, -0.25) is 4.90 Å². The second kappa shape index (κ2) is 5.80. The molecule has 0 aliphatic carbocycles. The maximum absolute atomic E-state index is 5.69. The van der Waals surface area contributed by atoms with Crippen molar-refractivity contribution in [2.45, 2.75) is 33.7 Å². The number of nitrogen functional groups attached to an aromatic ring is 1. The Hall–Kier alpha value is -1.16. The fraction of sp³-hybridized carbons (Fsp3) is 0.667. The van der Waals surface area contributed by atoms with Crippen LogP contribution in [0.2, 0.25) is 0 Å². The summed E-state index contributed by atoms with van der Waals surface area (Å²) in [6.07, 6.45) is 1.20. The molecule has 0 bridgehead atoms. The van der Waals surface area contributed by atoms with Crippen LogP contribution in [-0.2, 0) is 6.54 Å². The predicted octanol–water partition coefficient (Wildman–Crippen LogP) is 1.85. The Morgan fingerprint density at radius 2 is 2.12 bits per heavy atom. The highest BCUT2D eigenvalue weighted by molar-refractivity contribution is 5.29. The topological polar surface area (TPSA) is 55.0 Å². The minimum atomic E-state index is 0.555. The van der Waals surface area contributed by atoms with Crippen LogP contribution in [0, 0.1) is 12.8 Å². The van der Waals surface area contributed by atoms with E-state index >= 15 is 0 Å². The Bertz CT molecular complexity index is 318. The average Bonchev–Trinajstić information content (AvgIpc) is 2.15. The van der Waals surface area contributed by atoms with Gasteiger partial charge < -0.3 is 5.73 Å². The maximum Gasteiger partial charge on any atom is 0.144 e. The quantitative estimate of drug-likeness (QED) is 0.826. The summed E-state index contributed by atoms with van der Waals surface area (Å²) in [6, 6.07) is 1.79. The van der Waals surface area contributed by atoms with Gasteiger partial charge in [0.05, 0.1) is 6.54 Å². The normalized spacial score (nSPS) is 13.1. The second-order valence-electron chi connectivity index (χ2n) is 4.56. The molecule has 0 aromatic carbocycles. The molecule has 1 rings (SSSR count). The molecule has 1 unspecified atom stereocenters. The van der Waals surface area contributed by atoms with Crippen LogP contribution >= 0.6 is 0 Å². The molecule has 0 aliphatic rings. The van der Waals surface area contributed by atoms with Crippen molar-refractivity contribution in [2.75, 3.05) is 19.3 Å². The third-order valence-corrected chi connectivity index (χ3v) is 2.65. The largest absolute Gasteiger partial charge is 0.384 e. The van der Waals surface area contributed by atoms with Crippen molar-refractivity contribution in [1.29, 1.82) is 0 Å². The van der Waals surface area contributed by atoms with Gasteiger partial charge in [-0.2, -0.15) is 0 Å². The molecular formula is C12H22N4. The van der Waals surface area contributed by atoms with Gasteiger partial charge in [0.2, 0.25) is 0 Å². The minimum absolute atomic E-state index is 0.555. The number of aryl methyl sites for hydroxylation is 1. The Balaban J connectivity index is 2.58. The van der Waals surface area contributed by atoms with E-state index in [1.54, 1.807) is 6.07 Å². The highest BCUT2D eigenvalue weighted by Crippen LogP contribution is 2.07. The van der Waals surface area contributed by atoms with E-state index in [9.17, 15) is 0 Å². The number of nitrogens with zero attached hydrogens (tertiary/aromatic N) is 3. The minimum Gasteiger partial charge on any atom is -0.384 e. The summed E-state index contributed by atoms with van der Waals surface area (Å²) in [4.78, 5) is 10.8. The molecule has 1 atom stereocenters. The van der Waals surface area contributed by atoms with Crippen LogP contribution in [0.5, 0.6) is 0 Å². The van der Waals surface area contributed by atoms with E-state index in [2.05, 4.69) is 35.8 Å². The summed E-state index contributed by atoms with van der Waals surface area (Å²) < 4.78 is 0. The van der Waals surface area contributed by atoms with Crippen LogP contribution in [0.25, 0.3) is 0 Å². The Morgan fingerprint density at radius 3 is 2.69 bits per heavy atom. The van der Waals surface area contributed by atoms with Crippen LogP contribution in [0.1, 0.15) is 31.8 Å². The van der Waals surface area contributed by atoms with Crippen molar-refractivity contribution in [1.82, 2.24) is 14.9 Å². The fourth-order valence-corrected chi connectivity index (χ4v) is 1.69. The van der Waals surface area contributed by atoms with E-state index < -0.39 is 0 Å². The Morgan fingerprint density at radius 1 is 1.44 bits per heavy atom. The van der Waals surface area contributed by atoms with Crippen LogP contribution in [0.3, 0.4) is 0 Å². The summed E-state index contributed by atoms with van der Waals surface area (Å²) >= 11 is 0. The lowest BCUT2D eigenvalue weighted by Gasteiger charge is -2.19. The van der Waals surface area contributed by atoms with Crippen LogP contribution in [-0.4, -0.2) is 28.5 Å². The molecule has 0 radical (unpaired) electrons. The third kappa shape index (κ3) is 4.14. The van der Waals surface area contributed by atoms with Gasteiger partial charge in [-0.15, -0.1) is 0 Å². The maximum atomic E-state index is 5.69. The third-order valence-electron chi connectivity index (χ3n) is 2.65. The van der Waals surface area contributed by atoms with E-state index in [0.29, 0.717) is 11.7 Å². The van der Waals surface area contributed by atoms with Gasteiger partial charge in [-0.05, 0) is 19.9 Å². The summed E-state index contributed by atoms with van der Waals surface area (Å²) in [5, 5.41) is 0. The fourth-order valence-electron chi connectivity index (χ4n) is 1.69. The summed E-state index contributed by atoms with van der Waals surface area (Å²) in [6.45, 7) is 8.22. The van der Waals surface area contributed by atoms with Gasteiger partial charge >= 0.3 is 0 Å². The molecule has 1 heterocycles. The monoisotopic (exact) mass is 222 g/mol. The molecule has 90 valence electrons. The molecule has 1 aromatic rings. The molecule has 0 amide bonds. The molecule has 0 aliphatic heterocycles. The first-order chi connectivity index (χ1) is 7.51. The van der Waals surface area contributed by atoms with Gasteiger partial charge in [-0.1, -0.05) is 20.3 Å². The number of aromatic nitrogens is 2. The van der Waals surface area contributed by atoms with Gasteiger partial charge in [0, 0.05) is 18.3 Å². The second-order valence-corrected chi connectivity index (χ2v) is 4.56. The van der Waals surface area contributed by atoms with E-state index in [1.807, 2.05) is 6.92 Å². The lowest BCUT2D eigenvalue weighted by atomic mass is 10.1. The molecule has 0 fully saturated rings. The zero-order valence-corrected chi connectivity index (χ0v) is 10.7. The highest BCUT2D eigenvalue weighted by atomic mass is 15.1. The van der Waals surface area contributed by atoms with Crippen molar-refractivity contribution >= 4 is 5.82 Å². The van der Waals surface area contributed by atoms with Crippen molar-refractivity contribution in [2.24, 2.45) is 5.92 Å². The smallest absolute Gasteiger partial charge is 0.144 e. The van der Waals surface area contributed by atoms with Gasteiger partial charge in [0.25, 0.3) is 0 Å². The van der Waals surface area contributed by atoms with E-state index in [4.69, 9.17) is 5.73 Å². The predicted molar refractivity (Wildman–Crippen MR) is 67.0 cm³/mol. The van der Waals surface area contributed by atoms with Crippen molar-refractivity contribution in [3.8, 4) is 0 Å². The standard InChI is InChI=1S/C12H22N4/c1-5-9(2)7-16(4)8-12-14-10(3)6-11(13)15-12/h6,9H,5,7-8H2,1-4H3,(H2,13,14,15). The number of rotatable bonds is 5. The molecular weight excluding hydrogens is 200 g/mol. The van der Waals surface area contributed by atoms with Gasteiger partial charge in [0.15, 0.2) is 0 Å². The Labute approximate surface area is 97.9 Å². The molecule has 0 saturated heterocycles. The molecule has 4 nitrogen and oxygen atoms in total.